The smallest absolute Gasteiger partial charge is 0.232 e. The highest BCUT2D eigenvalue weighted by Crippen LogP contribution is 2.41. The summed E-state index contributed by atoms with van der Waals surface area (Å²) in [6.07, 6.45) is 7.81. The molecular weight excluding hydrogens is 316 g/mol. The average molecular weight is 350 g/mol. The standard InChI is InChI=1S/C24H33N2/c1-17-18(2)20(4)22(19(17)3)15-23(21-11-9-8-10-12-21)25-13-14-26(16-25)24(5,6)7/h8-14,16,22-23H,15H2,1-7H3/q+1. The van der Waals surface area contributed by atoms with Crippen LogP contribution in [0.15, 0.2) is 71.3 Å². The number of aromatic nitrogens is 2. The third-order valence-electron chi connectivity index (χ3n) is 6.23. The number of rotatable bonds is 4. The fraction of sp³-hybridized carbons (Fsp3) is 0.458. The molecule has 1 aromatic heterocycles. The topological polar surface area (TPSA) is 8.81 Å². The van der Waals surface area contributed by atoms with Gasteiger partial charge in [0.15, 0.2) is 0 Å². The number of hydrogen-bond donors (Lipinski definition) is 0. The molecule has 0 radical (unpaired) electrons. The molecule has 0 bridgehead atoms. The first-order valence-corrected chi connectivity index (χ1v) is 9.69. The van der Waals surface area contributed by atoms with Gasteiger partial charge in [0.2, 0.25) is 6.33 Å². The number of imidazole rings is 1. The average Bonchev–Trinajstić information content (AvgIpc) is 3.16. The van der Waals surface area contributed by atoms with Crippen LogP contribution >= 0.6 is 0 Å². The molecule has 1 aliphatic carbocycles. The molecule has 1 aromatic carbocycles. The van der Waals surface area contributed by atoms with Crippen LogP contribution in [0.25, 0.3) is 0 Å². The first-order chi connectivity index (χ1) is 12.2. The van der Waals surface area contributed by atoms with Crippen molar-refractivity contribution in [3.05, 3.63) is 76.9 Å². The number of benzene rings is 1. The molecule has 1 aliphatic rings. The van der Waals surface area contributed by atoms with Crippen molar-refractivity contribution in [2.75, 3.05) is 0 Å². The van der Waals surface area contributed by atoms with Crippen LogP contribution in [0.4, 0.5) is 0 Å². The van der Waals surface area contributed by atoms with E-state index in [1.165, 1.54) is 27.9 Å². The van der Waals surface area contributed by atoms with Gasteiger partial charge in [-0.25, -0.2) is 9.13 Å². The van der Waals surface area contributed by atoms with Gasteiger partial charge in [-0.1, -0.05) is 41.5 Å². The minimum atomic E-state index is 0.0959. The van der Waals surface area contributed by atoms with Crippen molar-refractivity contribution in [2.45, 2.75) is 66.5 Å². The van der Waals surface area contributed by atoms with Crippen molar-refractivity contribution in [3.63, 3.8) is 0 Å². The molecule has 0 saturated carbocycles. The van der Waals surface area contributed by atoms with E-state index < -0.39 is 0 Å². The third-order valence-corrected chi connectivity index (χ3v) is 6.23. The maximum Gasteiger partial charge on any atom is 0.244 e. The lowest BCUT2D eigenvalue weighted by atomic mass is 9.87. The molecule has 3 rings (SSSR count). The Labute approximate surface area is 158 Å². The quantitative estimate of drug-likeness (QED) is 0.616. The van der Waals surface area contributed by atoms with Crippen molar-refractivity contribution in [1.29, 1.82) is 0 Å². The van der Waals surface area contributed by atoms with Crippen LogP contribution < -0.4 is 4.57 Å². The molecular formula is C24H33N2+. The highest BCUT2D eigenvalue weighted by atomic mass is 15.2. The van der Waals surface area contributed by atoms with Gasteiger partial charge in [-0.2, -0.15) is 0 Å². The first kappa shape index (κ1) is 18.7. The van der Waals surface area contributed by atoms with Gasteiger partial charge in [0.25, 0.3) is 0 Å². The fourth-order valence-electron chi connectivity index (χ4n) is 4.07. The molecule has 2 heteroatoms. The zero-order valence-electron chi connectivity index (χ0n) is 17.4. The minimum Gasteiger partial charge on any atom is -0.232 e. The van der Waals surface area contributed by atoms with Crippen molar-refractivity contribution >= 4 is 0 Å². The monoisotopic (exact) mass is 349 g/mol. The fourth-order valence-corrected chi connectivity index (χ4v) is 4.07. The molecule has 2 aromatic rings. The predicted octanol–water partition coefficient (Wildman–Crippen LogP) is 5.81. The van der Waals surface area contributed by atoms with E-state index >= 15 is 0 Å². The molecule has 0 amide bonds. The van der Waals surface area contributed by atoms with Gasteiger partial charge < -0.3 is 0 Å². The molecule has 138 valence electrons. The van der Waals surface area contributed by atoms with Crippen LogP contribution in [0.1, 0.15) is 66.5 Å². The van der Waals surface area contributed by atoms with Crippen molar-refractivity contribution < 1.29 is 4.57 Å². The van der Waals surface area contributed by atoms with E-state index in [1.54, 1.807) is 0 Å². The van der Waals surface area contributed by atoms with E-state index in [4.69, 9.17) is 0 Å². The number of nitrogens with zero attached hydrogens (tertiary/aromatic N) is 2. The van der Waals surface area contributed by atoms with Gasteiger partial charge in [-0.3, -0.25) is 0 Å². The van der Waals surface area contributed by atoms with Gasteiger partial charge in [0, 0.05) is 12.3 Å². The largest absolute Gasteiger partial charge is 0.244 e. The third kappa shape index (κ3) is 3.42. The molecule has 1 unspecified atom stereocenters. The van der Waals surface area contributed by atoms with Crippen LogP contribution in [0.5, 0.6) is 0 Å². The molecule has 26 heavy (non-hydrogen) atoms. The van der Waals surface area contributed by atoms with E-state index in [2.05, 4.69) is 107 Å². The Bertz CT molecular complexity index is 820. The Morgan fingerprint density at radius 2 is 1.54 bits per heavy atom. The van der Waals surface area contributed by atoms with Crippen LogP contribution in [-0.4, -0.2) is 4.57 Å². The molecule has 2 nitrogen and oxygen atoms in total. The molecule has 0 N–H and O–H groups in total. The Kier molecular flexibility index (Phi) is 4.96. The Hall–Kier alpha value is -2.09. The van der Waals surface area contributed by atoms with E-state index in [1.807, 2.05) is 0 Å². The summed E-state index contributed by atoms with van der Waals surface area (Å²) < 4.78 is 4.70. The molecule has 0 aliphatic heterocycles. The summed E-state index contributed by atoms with van der Waals surface area (Å²) in [4.78, 5) is 0. The SMILES string of the molecule is CC1=C(C)C(CC(c2ccccc2)[n+]2ccn(C(C)(C)C)c2)C(C)=C1C. The number of allylic oxidation sites excluding steroid dienone is 4. The Morgan fingerprint density at radius 1 is 0.962 bits per heavy atom. The highest BCUT2D eigenvalue weighted by molar-refractivity contribution is 5.46. The number of hydrogen-bond acceptors (Lipinski definition) is 0. The predicted molar refractivity (Wildman–Crippen MR) is 109 cm³/mol. The van der Waals surface area contributed by atoms with E-state index in [-0.39, 0.29) is 5.54 Å². The van der Waals surface area contributed by atoms with Crippen molar-refractivity contribution in [3.8, 4) is 0 Å². The molecule has 1 atom stereocenters. The lowest BCUT2D eigenvalue weighted by Gasteiger charge is -2.22. The summed E-state index contributed by atoms with van der Waals surface area (Å²) in [5.41, 5.74) is 7.52. The van der Waals surface area contributed by atoms with E-state index in [0.29, 0.717) is 12.0 Å². The lowest BCUT2D eigenvalue weighted by Crippen LogP contribution is -2.40. The lowest BCUT2D eigenvalue weighted by molar-refractivity contribution is -0.714. The molecule has 0 fully saturated rings. The second kappa shape index (κ2) is 6.90. The van der Waals surface area contributed by atoms with Crippen LogP contribution in [-0.2, 0) is 5.54 Å². The zero-order valence-corrected chi connectivity index (χ0v) is 17.4. The minimum absolute atomic E-state index is 0.0959. The Morgan fingerprint density at radius 3 is 2.04 bits per heavy atom. The normalized spacial score (nSPS) is 17.3. The zero-order chi connectivity index (χ0) is 19.1. The van der Waals surface area contributed by atoms with Crippen LogP contribution in [0.3, 0.4) is 0 Å². The second-order valence-electron chi connectivity index (χ2n) is 8.77. The molecule has 1 heterocycles. The van der Waals surface area contributed by atoms with Gasteiger partial charge in [-0.15, -0.1) is 0 Å². The van der Waals surface area contributed by atoms with Gasteiger partial charge >= 0.3 is 0 Å². The second-order valence-corrected chi connectivity index (χ2v) is 8.77. The Balaban J connectivity index is 2.00. The van der Waals surface area contributed by atoms with Crippen molar-refractivity contribution in [1.82, 2.24) is 4.57 Å². The van der Waals surface area contributed by atoms with Gasteiger partial charge in [0.1, 0.15) is 24.0 Å². The van der Waals surface area contributed by atoms with Crippen LogP contribution in [0.2, 0.25) is 0 Å². The summed E-state index contributed by atoms with van der Waals surface area (Å²) in [5.74, 6) is 0.533. The molecule has 0 spiro atoms. The van der Waals surface area contributed by atoms with Crippen molar-refractivity contribution in [2.24, 2.45) is 5.92 Å². The summed E-state index contributed by atoms with van der Waals surface area (Å²) in [5, 5.41) is 0. The van der Waals surface area contributed by atoms with Gasteiger partial charge in [0.05, 0.1) is 0 Å². The summed E-state index contributed by atoms with van der Waals surface area (Å²) >= 11 is 0. The first-order valence-electron chi connectivity index (χ1n) is 9.69. The summed E-state index contributed by atoms with van der Waals surface area (Å²) in [6.45, 7) is 15.9. The van der Waals surface area contributed by atoms with Crippen LogP contribution in [0, 0.1) is 5.92 Å². The summed E-state index contributed by atoms with van der Waals surface area (Å²) in [6, 6.07) is 11.3. The van der Waals surface area contributed by atoms with E-state index in [0.717, 1.165) is 6.42 Å². The van der Waals surface area contributed by atoms with E-state index in [9.17, 15) is 0 Å². The highest BCUT2D eigenvalue weighted by Gasteiger charge is 2.31. The maximum atomic E-state index is 2.39. The molecule has 0 saturated heterocycles. The van der Waals surface area contributed by atoms with Gasteiger partial charge in [-0.05, 0) is 65.2 Å². The summed E-state index contributed by atoms with van der Waals surface area (Å²) in [7, 11) is 0. The maximum absolute atomic E-state index is 2.39.